The van der Waals surface area contributed by atoms with Crippen LogP contribution in [0.15, 0.2) is 35.4 Å². The van der Waals surface area contributed by atoms with Gasteiger partial charge in [0.1, 0.15) is 10.4 Å². The highest BCUT2D eigenvalue weighted by Gasteiger charge is 2.27. The van der Waals surface area contributed by atoms with Gasteiger partial charge in [0.15, 0.2) is 10.8 Å². The van der Waals surface area contributed by atoms with Crippen molar-refractivity contribution in [3.8, 4) is 5.75 Å². The molecule has 0 spiro atoms. The van der Waals surface area contributed by atoms with Crippen LogP contribution >= 0.6 is 11.3 Å². The first-order valence-corrected chi connectivity index (χ1v) is 10.1. The van der Waals surface area contributed by atoms with Crippen LogP contribution < -0.4 is 20.5 Å². The van der Waals surface area contributed by atoms with Gasteiger partial charge in [-0.1, -0.05) is 23.5 Å². The number of nitrogens with one attached hydrogen (secondary N) is 2. The van der Waals surface area contributed by atoms with Crippen molar-refractivity contribution in [3.05, 3.63) is 40.9 Å². The molecule has 2 N–H and O–H groups in total. The molecule has 4 rings (SSSR count). The molecular weight excluding hydrogens is 378 g/mol. The van der Waals surface area contributed by atoms with E-state index in [1.54, 1.807) is 0 Å². The van der Waals surface area contributed by atoms with E-state index in [4.69, 9.17) is 4.74 Å². The highest BCUT2D eigenvalue weighted by atomic mass is 32.1. The van der Waals surface area contributed by atoms with Crippen LogP contribution in [0.25, 0.3) is 10.3 Å². The summed E-state index contributed by atoms with van der Waals surface area (Å²) in [4.78, 5) is 37.8. The summed E-state index contributed by atoms with van der Waals surface area (Å²) in [6.07, 6.45) is 2.82. The average molecular weight is 399 g/mol. The van der Waals surface area contributed by atoms with Gasteiger partial charge in [0.25, 0.3) is 5.56 Å². The Bertz CT molecular complexity index is 1040. The number of carbonyl (C=O) groups is 1. The summed E-state index contributed by atoms with van der Waals surface area (Å²) < 4.78 is 6.11. The van der Waals surface area contributed by atoms with E-state index < -0.39 is 0 Å². The highest BCUT2D eigenvalue weighted by molar-refractivity contribution is 7.22. The molecule has 0 atom stereocenters. The predicted octanol–water partition coefficient (Wildman–Crippen LogP) is 2.63. The summed E-state index contributed by atoms with van der Waals surface area (Å²) >= 11 is 1.34. The third-order valence-electron chi connectivity index (χ3n) is 4.77. The molecule has 3 heterocycles. The molecule has 1 aliphatic rings. The number of amides is 1. The fraction of sp³-hybridized carbons (Fsp3) is 0.368. The minimum atomic E-state index is -0.170. The highest BCUT2D eigenvalue weighted by Crippen LogP contribution is 2.30. The Kier molecular flexibility index (Phi) is 5.25. The van der Waals surface area contributed by atoms with E-state index in [1.165, 1.54) is 17.7 Å². The van der Waals surface area contributed by atoms with Crippen LogP contribution in [0.3, 0.4) is 0 Å². The molecule has 28 heavy (non-hydrogen) atoms. The normalized spacial score (nSPS) is 15.0. The molecule has 1 amide bonds. The van der Waals surface area contributed by atoms with Gasteiger partial charge in [0, 0.05) is 19.0 Å². The van der Waals surface area contributed by atoms with E-state index >= 15 is 0 Å². The first-order chi connectivity index (χ1) is 13.7. The van der Waals surface area contributed by atoms with Crippen LogP contribution in [0, 0.1) is 5.92 Å². The minimum Gasteiger partial charge on any atom is -0.492 e. The van der Waals surface area contributed by atoms with Crippen molar-refractivity contribution in [1.29, 1.82) is 0 Å². The number of fused-ring (bicyclic) bond motifs is 1. The lowest BCUT2D eigenvalue weighted by Gasteiger charge is -2.31. The molecule has 3 aromatic rings. The number of piperidine rings is 1. The SMILES string of the molecule is CCOc1ccccc1NC(=O)C1CCN(c2nc3nc[nH]c(=O)c3s2)CC1. The Balaban J connectivity index is 1.40. The van der Waals surface area contributed by atoms with Gasteiger partial charge < -0.3 is 19.9 Å². The third-order valence-corrected chi connectivity index (χ3v) is 5.87. The van der Waals surface area contributed by atoms with Gasteiger partial charge in [0.05, 0.1) is 18.6 Å². The first-order valence-electron chi connectivity index (χ1n) is 9.27. The fourth-order valence-corrected chi connectivity index (χ4v) is 4.28. The second-order valence-corrected chi connectivity index (χ2v) is 7.54. The number of hydrogen-bond acceptors (Lipinski definition) is 7. The molecule has 1 aliphatic heterocycles. The number of nitrogens with zero attached hydrogens (tertiary/aromatic N) is 3. The van der Waals surface area contributed by atoms with E-state index in [-0.39, 0.29) is 17.4 Å². The maximum Gasteiger partial charge on any atom is 0.270 e. The number of benzene rings is 1. The zero-order chi connectivity index (χ0) is 19.5. The molecule has 2 aromatic heterocycles. The molecule has 0 unspecified atom stereocenters. The average Bonchev–Trinajstić information content (AvgIpc) is 3.15. The van der Waals surface area contributed by atoms with E-state index in [1.807, 2.05) is 31.2 Å². The second kappa shape index (κ2) is 7.97. The molecule has 0 bridgehead atoms. The van der Waals surface area contributed by atoms with Gasteiger partial charge in [-0.05, 0) is 31.9 Å². The number of para-hydroxylation sites is 2. The predicted molar refractivity (Wildman–Crippen MR) is 109 cm³/mol. The molecule has 0 radical (unpaired) electrons. The molecule has 9 heteroatoms. The quantitative estimate of drug-likeness (QED) is 0.684. The smallest absolute Gasteiger partial charge is 0.270 e. The zero-order valence-corrected chi connectivity index (χ0v) is 16.3. The largest absolute Gasteiger partial charge is 0.492 e. The van der Waals surface area contributed by atoms with Crippen molar-refractivity contribution < 1.29 is 9.53 Å². The summed E-state index contributed by atoms with van der Waals surface area (Å²) in [7, 11) is 0. The number of thiazole rings is 1. The number of hydrogen-bond donors (Lipinski definition) is 2. The van der Waals surface area contributed by atoms with Gasteiger partial charge >= 0.3 is 0 Å². The van der Waals surface area contributed by atoms with Crippen LogP contribution in [0.4, 0.5) is 10.8 Å². The monoisotopic (exact) mass is 399 g/mol. The lowest BCUT2D eigenvalue weighted by Crippen LogP contribution is -2.38. The van der Waals surface area contributed by atoms with Gasteiger partial charge in [-0.25, -0.2) is 4.98 Å². The first kappa shape index (κ1) is 18.4. The number of carbonyl (C=O) groups excluding carboxylic acids is 1. The van der Waals surface area contributed by atoms with Crippen molar-refractivity contribution in [2.45, 2.75) is 19.8 Å². The van der Waals surface area contributed by atoms with Crippen LogP contribution in [0.1, 0.15) is 19.8 Å². The zero-order valence-electron chi connectivity index (χ0n) is 15.5. The molecule has 1 fully saturated rings. The van der Waals surface area contributed by atoms with Crippen molar-refractivity contribution in [1.82, 2.24) is 15.0 Å². The Hall–Kier alpha value is -2.94. The topological polar surface area (TPSA) is 100 Å². The van der Waals surface area contributed by atoms with Gasteiger partial charge in [-0.3, -0.25) is 9.59 Å². The molecule has 1 aromatic carbocycles. The summed E-state index contributed by atoms with van der Waals surface area (Å²) in [5.41, 5.74) is 1.00. The van der Waals surface area contributed by atoms with Crippen molar-refractivity contribution in [2.24, 2.45) is 5.92 Å². The number of anilines is 2. The van der Waals surface area contributed by atoms with E-state index in [0.29, 0.717) is 41.5 Å². The van der Waals surface area contributed by atoms with Crippen LogP contribution in [0.2, 0.25) is 0 Å². The maximum atomic E-state index is 12.7. The Labute approximate surface area is 165 Å². The van der Waals surface area contributed by atoms with Crippen LogP contribution in [0.5, 0.6) is 5.75 Å². The number of aromatic amines is 1. The minimum absolute atomic E-state index is 0.00853. The number of aromatic nitrogens is 3. The molecule has 0 aliphatic carbocycles. The summed E-state index contributed by atoms with van der Waals surface area (Å²) in [5.74, 6) is 0.624. The summed E-state index contributed by atoms with van der Waals surface area (Å²) in [6, 6.07) is 7.47. The third kappa shape index (κ3) is 3.70. The number of rotatable bonds is 5. The molecule has 146 valence electrons. The van der Waals surface area contributed by atoms with E-state index in [9.17, 15) is 9.59 Å². The molecule has 0 saturated carbocycles. The molecule has 8 nitrogen and oxygen atoms in total. The maximum absolute atomic E-state index is 12.7. The Morgan fingerprint density at radius 2 is 2.14 bits per heavy atom. The molecular formula is C19H21N5O3S. The Morgan fingerprint density at radius 3 is 2.89 bits per heavy atom. The van der Waals surface area contributed by atoms with Gasteiger partial charge in [-0.2, -0.15) is 4.98 Å². The van der Waals surface area contributed by atoms with Gasteiger partial charge in [-0.15, -0.1) is 0 Å². The standard InChI is InChI=1S/C19H21N5O3S/c1-2-27-14-6-4-3-5-13(14)22-17(25)12-7-9-24(10-8-12)19-23-16-15(28-19)18(26)21-11-20-16/h3-6,11-12H,2,7-10H2,1H3,(H,22,25)(H,20,21,26). The summed E-state index contributed by atoms with van der Waals surface area (Å²) in [5, 5.41) is 3.78. The molecule has 1 saturated heterocycles. The van der Waals surface area contributed by atoms with E-state index in [2.05, 4.69) is 25.2 Å². The van der Waals surface area contributed by atoms with Crippen LogP contribution in [-0.2, 0) is 4.79 Å². The lowest BCUT2D eigenvalue weighted by molar-refractivity contribution is -0.120. The lowest BCUT2D eigenvalue weighted by atomic mass is 9.96. The summed E-state index contributed by atoms with van der Waals surface area (Å²) in [6.45, 7) is 3.89. The van der Waals surface area contributed by atoms with Crippen molar-refractivity contribution >= 4 is 38.4 Å². The number of H-pyrrole nitrogens is 1. The van der Waals surface area contributed by atoms with Crippen LogP contribution in [-0.4, -0.2) is 40.6 Å². The Morgan fingerprint density at radius 1 is 1.36 bits per heavy atom. The second-order valence-electron chi connectivity index (χ2n) is 6.56. The van der Waals surface area contributed by atoms with E-state index in [0.717, 1.165) is 18.0 Å². The fourth-order valence-electron chi connectivity index (χ4n) is 3.31. The van der Waals surface area contributed by atoms with Crippen molar-refractivity contribution in [2.75, 3.05) is 29.9 Å². The van der Waals surface area contributed by atoms with Gasteiger partial charge in [0.2, 0.25) is 5.91 Å². The number of ether oxygens (including phenoxy) is 1. The van der Waals surface area contributed by atoms with Crippen molar-refractivity contribution in [3.63, 3.8) is 0 Å².